The number of hydrazine groups is 1. The van der Waals surface area contributed by atoms with Crippen molar-refractivity contribution >= 4 is 16.1 Å². The van der Waals surface area contributed by atoms with Crippen LogP contribution in [-0.2, 0) is 10.0 Å². The fourth-order valence-corrected chi connectivity index (χ4v) is 1.89. The minimum absolute atomic E-state index is 0.0116. The minimum atomic E-state index is -4.02. The van der Waals surface area contributed by atoms with Crippen LogP contribution in [0.5, 0.6) is 0 Å². The van der Waals surface area contributed by atoms with Gasteiger partial charge in [0.1, 0.15) is 0 Å². The molecule has 0 saturated heterocycles. The molecule has 0 aliphatic rings. The highest BCUT2D eigenvalue weighted by Gasteiger charge is 2.24. The highest BCUT2D eigenvalue weighted by Crippen LogP contribution is 2.13. The Kier molecular flexibility index (Phi) is 2.96. The Hall–Kier alpha value is -1.60. The second kappa shape index (κ2) is 3.87. The van der Waals surface area contributed by atoms with E-state index in [0.29, 0.717) is 0 Å². The molecule has 0 fully saturated rings. The van der Waals surface area contributed by atoms with Gasteiger partial charge in [-0.05, 0) is 19.1 Å². The molecular weight excluding hydrogens is 218 g/mol. The van der Waals surface area contributed by atoms with Gasteiger partial charge in [-0.25, -0.2) is 10.6 Å². The maximum Gasteiger partial charge on any atom is 0.343 e. The average molecular weight is 229 g/mol. The van der Waals surface area contributed by atoms with Gasteiger partial charge in [0, 0.05) is 0 Å². The molecule has 7 heteroatoms. The number of nitrogens with zero attached hydrogens (tertiary/aromatic N) is 1. The number of amides is 2. The molecule has 1 rings (SSSR count). The molecule has 0 unspecified atom stereocenters. The third kappa shape index (κ3) is 2.25. The van der Waals surface area contributed by atoms with Crippen molar-refractivity contribution in [1.82, 2.24) is 4.41 Å². The Bertz CT molecular complexity index is 466. The van der Waals surface area contributed by atoms with E-state index in [1.165, 1.54) is 12.1 Å². The Morgan fingerprint density at radius 3 is 2.13 bits per heavy atom. The Labute approximate surface area is 87.5 Å². The van der Waals surface area contributed by atoms with Gasteiger partial charge < -0.3 is 5.73 Å². The van der Waals surface area contributed by atoms with Gasteiger partial charge in [0.15, 0.2) is 0 Å². The van der Waals surface area contributed by atoms with Gasteiger partial charge >= 0.3 is 6.03 Å². The Morgan fingerprint density at radius 1 is 1.27 bits per heavy atom. The van der Waals surface area contributed by atoms with E-state index >= 15 is 0 Å². The van der Waals surface area contributed by atoms with E-state index in [1.807, 2.05) is 6.92 Å². The van der Waals surface area contributed by atoms with Gasteiger partial charge in [-0.1, -0.05) is 17.7 Å². The fourth-order valence-electron chi connectivity index (χ4n) is 0.942. The van der Waals surface area contributed by atoms with Gasteiger partial charge in [-0.2, -0.15) is 8.42 Å². The van der Waals surface area contributed by atoms with Crippen molar-refractivity contribution in [2.45, 2.75) is 11.8 Å². The zero-order valence-corrected chi connectivity index (χ0v) is 8.86. The first-order valence-electron chi connectivity index (χ1n) is 4.02. The summed E-state index contributed by atoms with van der Waals surface area (Å²) in [5, 5.41) is 0. The highest BCUT2D eigenvalue weighted by molar-refractivity contribution is 7.89. The summed E-state index contributed by atoms with van der Waals surface area (Å²) in [6, 6.07) is 4.68. The smallest absolute Gasteiger partial charge is 0.343 e. The van der Waals surface area contributed by atoms with Crippen molar-refractivity contribution in [3.05, 3.63) is 29.8 Å². The maximum atomic E-state index is 11.6. The van der Waals surface area contributed by atoms with Gasteiger partial charge in [0.25, 0.3) is 10.0 Å². The zero-order chi connectivity index (χ0) is 11.6. The number of rotatable bonds is 2. The number of hydrogen-bond acceptors (Lipinski definition) is 4. The monoisotopic (exact) mass is 229 g/mol. The fraction of sp³-hybridized carbons (Fsp3) is 0.125. The molecule has 0 heterocycles. The number of carbonyl (C=O) groups excluding carboxylic acids is 1. The average Bonchev–Trinajstić information content (AvgIpc) is 2.17. The normalized spacial score (nSPS) is 11.1. The minimum Gasteiger partial charge on any atom is -0.349 e. The molecule has 0 saturated carbocycles. The van der Waals surface area contributed by atoms with Gasteiger partial charge in [0.05, 0.1) is 4.90 Å². The molecule has 0 aliphatic carbocycles. The van der Waals surface area contributed by atoms with Crippen LogP contribution in [0.15, 0.2) is 29.2 Å². The van der Waals surface area contributed by atoms with Crippen LogP contribution >= 0.6 is 0 Å². The van der Waals surface area contributed by atoms with E-state index in [9.17, 15) is 13.2 Å². The molecule has 0 aliphatic heterocycles. The van der Waals surface area contributed by atoms with Crippen molar-refractivity contribution in [1.29, 1.82) is 0 Å². The largest absolute Gasteiger partial charge is 0.349 e. The molecule has 0 spiro atoms. The van der Waals surface area contributed by atoms with Crippen LogP contribution in [0.3, 0.4) is 0 Å². The van der Waals surface area contributed by atoms with Crippen molar-refractivity contribution in [3.63, 3.8) is 0 Å². The molecule has 1 aromatic carbocycles. The van der Waals surface area contributed by atoms with Crippen LogP contribution in [0, 0.1) is 6.92 Å². The number of hydrogen-bond donors (Lipinski definition) is 2. The van der Waals surface area contributed by atoms with Gasteiger partial charge in [-0.15, -0.1) is 4.41 Å². The predicted molar refractivity (Wildman–Crippen MR) is 54.0 cm³/mol. The molecule has 82 valence electrons. The van der Waals surface area contributed by atoms with E-state index in [1.54, 1.807) is 12.1 Å². The summed E-state index contributed by atoms with van der Waals surface area (Å²) in [7, 11) is -4.02. The quantitative estimate of drug-likeness (QED) is 0.420. The highest BCUT2D eigenvalue weighted by atomic mass is 32.2. The van der Waals surface area contributed by atoms with E-state index in [0.717, 1.165) is 5.56 Å². The molecule has 2 amide bonds. The van der Waals surface area contributed by atoms with Crippen LogP contribution in [0.1, 0.15) is 5.56 Å². The van der Waals surface area contributed by atoms with Crippen LogP contribution in [0.2, 0.25) is 0 Å². The van der Waals surface area contributed by atoms with E-state index in [2.05, 4.69) is 0 Å². The second-order valence-corrected chi connectivity index (χ2v) is 4.77. The molecule has 1 aromatic rings. The number of primary amides is 1. The molecule has 6 nitrogen and oxygen atoms in total. The molecule has 4 N–H and O–H groups in total. The first-order chi connectivity index (χ1) is 6.85. The van der Waals surface area contributed by atoms with Crippen molar-refractivity contribution < 1.29 is 13.2 Å². The lowest BCUT2D eigenvalue weighted by atomic mass is 10.2. The summed E-state index contributed by atoms with van der Waals surface area (Å²) in [6.07, 6.45) is 0. The number of sulfonamides is 1. The Balaban J connectivity index is 3.17. The molecule has 0 aromatic heterocycles. The summed E-state index contributed by atoms with van der Waals surface area (Å²) in [4.78, 5) is 10.6. The van der Waals surface area contributed by atoms with Crippen LogP contribution in [0.4, 0.5) is 4.79 Å². The number of benzene rings is 1. The summed E-state index contributed by atoms with van der Waals surface area (Å²) >= 11 is 0. The van der Waals surface area contributed by atoms with E-state index < -0.39 is 16.1 Å². The lowest BCUT2D eigenvalue weighted by molar-refractivity contribution is 0.232. The first kappa shape index (κ1) is 11.5. The zero-order valence-electron chi connectivity index (χ0n) is 8.04. The summed E-state index contributed by atoms with van der Waals surface area (Å²) in [6.45, 7) is 1.81. The van der Waals surface area contributed by atoms with E-state index in [4.69, 9.17) is 11.6 Å². The van der Waals surface area contributed by atoms with Crippen LogP contribution < -0.4 is 11.6 Å². The lowest BCUT2D eigenvalue weighted by Crippen LogP contribution is -2.45. The van der Waals surface area contributed by atoms with Gasteiger partial charge in [-0.3, -0.25) is 0 Å². The molecule has 0 atom stereocenters. The number of urea groups is 1. The van der Waals surface area contributed by atoms with E-state index in [-0.39, 0.29) is 9.31 Å². The molecule has 15 heavy (non-hydrogen) atoms. The SMILES string of the molecule is Cc1ccc(S(=O)(=O)N(N)C(N)=O)cc1. The number of nitrogens with two attached hydrogens (primary N) is 2. The second-order valence-electron chi connectivity index (χ2n) is 2.95. The first-order valence-corrected chi connectivity index (χ1v) is 5.46. The topological polar surface area (TPSA) is 106 Å². The van der Waals surface area contributed by atoms with Crippen LogP contribution in [0.25, 0.3) is 0 Å². The Morgan fingerprint density at radius 2 is 1.73 bits per heavy atom. The number of carbonyl (C=O) groups is 1. The third-order valence-electron chi connectivity index (χ3n) is 1.80. The molecular formula is C8H11N3O3S. The van der Waals surface area contributed by atoms with Crippen molar-refractivity contribution in [2.75, 3.05) is 0 Å². The standard InChI is InChI=1S/C8H11N3O3S/c1-6-2-4-7(5-3-6)15(13,14)11(10)8(9)12/h2-5H,10H2,1H3,(H2,9,12). The maximum absolute atomic E-state index is 11.6. The number of aryl methyl sites for hydroxylation is 1. The van der Waals surface area contributed by atoms with Crippen molar-refractivity contribution in [2.24, 2.45) is 11.6 Å². The lowest BCUT2D eigenvalue weighted by Gasteiger charge is -2.13. The molecule has 0 radical (unpaired) electrons. The summed E-state index contributed by atoms with van der Waals surface area (Å²) in [5.41, 5.74) is 5.67. The van der Waals surface area contributed by atoms with Gasteiger partial charge in [0.2, 0.25) is 0 Å². The molecule has 0 bridgehead atoms. The third-order valence-corrected chi connectivity index (χ3v) is 3.36. The predicted octanol–water partition coefficient (Wildman–Crippen LogP) is -0.0619. The van der Waals surface area contributed by atoms with Crippen molar-refractivity contribution in [3.8, 4) is 0 Å². The van der Waals surface area contributed by atoms with Crippen LogP contribution in [-0.4, -0.2) is 18.9 Å². The summed E-state index contributed by atoms with van der Waals surface area (Å²) in [5.74, 6) is 5.04. The summed E-state index contributed by atoms with van der Waals surface area (Å²) < 4.78 is 23.2.